The largest absolute Gasteiger partial charge is 0.384 e. The number of aliphatic hydroxyl groups is 1. The Hall–Kier alpha value is -1.86. The standard InChI is InChI=1S/C17H20FNO2/c1-17(9-3-2-4-10-17)16(21)19-14-8-7-13(6-5-11-20)15(18)12-14/h7-8,12,20H,2-4,9-11H2,1H3,(H,19,21). The number of amides is 1. The van der Waals surface area contributed by atoms with Crippen LogP contribution in [0, 0.1) is 23.1 Å². The Balaban J connectivity index is 2.09. The molecule has 0 heterocycles. The van der Waals surface area contributed by atoms with Gasteiger partial charge in [0.25, 0.3) is 0 Å². The van der Waals surface area contributed by atoms with E-state index >= 15 is 0 Å². The molecule has 0 aromatic heterocycles. The Morgan fingerprint density at radius 3 is 2.71 bits per heavy atom. The van der Waals surface area contributed by atoms with Crippen molar-refractivity contribution >= 4 is 11.6 Å². The van der Waals surface area contributed by atoms with Gasteiger partial charge < -0.3 is 10.4 Å². The monoisotopic (exact) mass is 289 g/mol. The molecule has 4 heteroatoms. The molecule has 112 valence electrons. The van der Waals surface area contributed by atoms with Crippen LogP contribution in [-0.2, 0) is 4.79 Å². The van der Waals surface area contributed by atoms with E-state index in [0.29, 0.717) is 5.69 Å². The van der Waals surface area contributed by atoms with Crippen molar-refractivity contribution < 1.29 is 14.3 Å². The lowest BCUT2D eigenvalue weighted by Gasteiger charge is -2.32. The van der Waals surface area contributed by atoms with E-state index in [-0.39, 0.29) is 23.5 Å². The van der Waals surface area contributed by atoms with Gasteiger partial charge in [0.15, 0.2) is 0 Å². The number of aliphatic hydroxyl groups excluding tert-OH is 1. The summed E-state index contributed by atoms with van der Waals surface area (Å²) >= 11 is 0. The Morgan fingerprint density at radius 2 is 2.10 bits per heavy atom. The summed E-state index contributed by atoms with van der Waals surface area (Å²) in [5, 5.41) is 11.4. The van der Waals surface area contributed by atoms with Crippen LogP contribution in [0.1, 0.15) is 44.6 Å². The number of rotatable bonds is 2. The molecule has 1 aliphatic carbocycles. The van der Waals surface area contributed by atoms with Gasteiger partial charge in [0.05, 0.1) is 5.56 Å². The minimum absolute atomic E-state index is 0.0456. The SMILES string of the molecule is CC1(C(=O)Nc2ccc(C#CCO)c(F)c2)CCCCC1. The Bertz CT molecular complexity index is 580. The molecule has 0 saturated heterocycles. The molecule has 1 amide bonds. The molecular weight excluding hydrogens is 269 g/mol. The number of nitrogens with one attached hydrogen (secondary N) is 1. The molecule has 2 rings (SSSR count). The zero-order chi connectivity index (χ0) is 15.3. The van der Waals surface area contributed by atoms with Gasteiger partial charge in [0, 0.05) is 11.1 Å². The van der Waals surface area contributed by atoms with Gasteiger partial charge in [-0.15, -0.1) is 0 Å². The first-order valence-electron chi connectivity index (χ1n) is 7.26. The van der Waals surface area contributed by atoms with Gasteiger partial charge in [-0.2, -0.15) is 0 Å². The molecule has 1 aliphatic rings. The second-order valence-corrected chi connectivity index (χ2v) is 5.73. The van der Waals surface area contributed by atoms with Crippen molar-refractivity contribution in [3.05, 3.63) is 29.6 Å². The van der Waals surface area contributed by atoms with Crippen LogP contribution in [0.3, 0.4) is 0 Å². The molecule has 21 heavy (non-hydrogen) atoms. The first kappa shape index (κ1) is 15.5. The topological polar surface area (TPSA) is 49.3 Å². The third kappa shape index (κ3) is 3.83. The van der Waals surface area contributed by atoms with Crippen molar-refractivity contribution in [2.24, 2.45) is 5.41 Å². The normalized spacial score (nSPS) is 16.7. The molecule has 0 unspecified atom stereocenters. The Morgan fingerprint density at radius 1 is 1.38 bits per heavy atom. The lowest BCUT2D eigenvalue weighted by atomic mass is 9.75. The number of carbonyl (C=O) groups is 1. The molecule has 1 fully saturated rings. The van der Waals surface area contributed by atoms with E-state index in [1.807, 2.05) is 6.92 Å². The van der Waals surface area contributed by atoms with Crippen molar-refractivity contribution in [1.82, 2.24) is 0 Å². The maximum Gasteiger partial charge on any atom is 0.230 e. The number of hydrogen-bond donors (Lipinski definition) is 2. The third-order valence-electron chi connectivity index (χ3n) is 4.03. The van der Waals surface area contributed by atoms with E-state index in [0.717, 1.165) is 25.7 Å². The molecule has 0 aliphatic heterocycles. The van der Waals surface area contributed by atoms with Gasteiger partial charge >= 0.3 is 0 Å². The lowest BCUT2D eigenvalue weighted by Crippen LogP contribution is -2.35. The minimum atomic E-state index is -0.498. The fourth-order valence-corrected chi connectivity index (χ4v) is 2.67. The van der Waals surface area contributed by atoms with Crippen LogP contribution in [-0.4, -0.2) is 17.6 Å². The molecule has 0 spiro atoms. The molecule has 1 aromatic rings. The average Bonchev–Trinajstić information content (AvgIpc) is 2.47. The fourth-order valence-electron chi connectivity index (χ4n) is 2.67. The number of hydrogen-bond acceptors (Lipinski definition) is 2. The first-order chi connectivity index (χ1) is 10.0. The van der Waals surface area contributed by atoms with Crippen LogP contribution in [0.4, 0.5) is 10.1 Å². The van der Waals surface area contributed by atoms with Crippen LogP contribution >= 0.6 is 0 Å². The van der Waals surface area contributed by atoms with Crippen LogP contribution in [0.2, 0.25) is 0 Å². The van der Waals surface area contributed by atoms with Crippen LogP contribution in [0.15, 0.2) is 18.2 Å². The zero-order valence-electron chi connectivity index (χ0n) is 12.2. The number of carbonyl (C=O) groups excluding carboxylic acids is 1. The summed E-state index contributed by atoms with van der Waals surface area (Å²) in [5.41, 5.74) is 0.300. The van der Waals surface area contributed by atoms with E-state index < -0.39 is 5.82 Å². The highest BCUT2D eigenvalue weighted by Crippen LogP contribution is 2.36. The summed E-state index contributed by atoms with van der Waals surface area (Å²) in [6.07, 6.45) is 5.06. The number of benzene rings is 1. The molecule has 0 radical (unpaired) electrons. The third-order valence-corrected chi connectivity index (χ3v) is 4.03. The predicted molar refractivity (Wildman–Crippen MR) is 80.2 cm³/mol. The van der Waals surface area contributed by atoms with Gasteiger partial charge in [-0.3, -0.25) is 4.79 Å². The van der Waals surface area contributed by atoms with Gasteiger partial charge in [0.2, 0.25) is 5.91 Å². The van der Waals surface area contributed by atoms with E-state index in [4.69, 9.17) is 5.11 Å². The second kappa shape index (κ2) is 6.73. The maximum atomic E-state index is 13.8. The smallest absolute Gasteiger partial charge is 0.230 e. The Kier molecular flexibility index (Phi) is 4.98. The molecule has 3 nitrogen and oxygen atoms in total. The first-order valence-corrected chi connectivity index (χ1v) is 7.26. The average molecular weight is 289 g/mol. The zero-order valence-corrected chi connectivity index (χ0v) is 12.2. The van der Waals surface area contributed by atoms with E-state index in [1.165, 1.54) is 18.6 Å². The van der Waals surface area contributed by atoms with E-state index in [2.05, 4.69) is 17.2 Å². The molecule has 0 bridgehead atoms. The minimum Gasteiger partial charge on any atom is -0.384 e. The summed E-state index contributed by atoms with van der Waals surface area (Å²) in [6, 6.07) is 4.41. The summed E-state index contributed by atoms with van der Waals surface area (Å²) in [5.74, 6) is 4.38. The second-order valence-electron chi connectivity index (χ2n) is 5.73. The molecule has 2 N–H and O–H groups in total. The van der Waals surface area contributed by atoms with Crippen molar-refractivity contribution in [2.45, 2.75) is 39.0 Å². The highest BCUT2D eigenvalue weighted by molar-refractivity contribution is 5.95. The van der Waals surface area contributed by atoms with Gasteiger partial charge in [-0.1, -0.05) is 38.0 Å². The van der Waals surface area contributed by atoms with Crippen molar-refractivity contribution in [2.75, 3.05) is 11.9 Å². The fraction of sp³-hybridized carbons (Fsp3) is 0.471. The quantitative estimate of drug-likeness (QED) is 0.822. The predicted octanol–water partition coefficient (Wildman–Crippen LogP) is 3.08. The van der Waals surface area contributed by atoms with Crippen molar-refractivity contribution in [1.29, 1.82) is 0 Å². The van der Waals surface area contributed by atoms with Gasteiger partial charge in [-0.25, -0.2) is 4.39 Å². The maximum absolute atomic E-state index is 13.8. The number of anilines is 1. The van der Waals surface area contributed by atoms with Gasteiger partial charge in [0.1, 0.15) is 12.4 Å². The summed E-state index contributed by atoms with van der Waals surface area (Å²) in [7, 11) is 0. The van der Waals surface area contributed by atoms with E-state index in [1.54, 1.807) is 6.07 Å². The van der Waals surface area contributed by atoms with Crippen LogP contribution in [0.5, 0.6) is 0 Å². The van der Waals surface area contributed by atoms with Crippen LogP contribution < -0.4 is 5.32 Å². The van der Waals surface area contributed by atoms with E-state index in [9.17, 15) is 9.18 Å². The van der Waals surface area contributed by atoms with Crippen LogP contribution in [0.25, 0.3) is 0 Å². The van der Waals surface area contributed by atoms with Crippen molar-refractivity contribution in [3.63, 3.8) is 0 Å². The van der Waals surface area contributed by atoms with Gasteiger partial charge in [-0.05, 0) is 31.0 Å². The Labute approximate surface area is 124 Å². The summed E-state index contributed by atoms with van der Waals surface area (Å²) in [6.45, 7) is 1.66. The highest BCUT2D eigenvalue weighted by atomic mass is 19.1. The lowest BCUT2D eigenvalue weighted by molar-refractivity contribution is -0.126. The van der Waals surface area contributed by atoms with Crippen molar-refractivity contribution in [3.8, 4) is 11.8 Å². The molecule has 0 atom stereocenters. The molecule has 1 aromatic carbocycles. The molecular formula is C17H20FNO2. The summed E-state index contributed by atoms with van der Waals surface area (Å²) in [4.78, 5) is 12.4. The summed E-state index contributed by atoms with van der Waals surface area (Å²) < 4.78 is 13.8. The molecule has 1 saturated carbocycles. The highest BCUT2D eigenvalue weighted by Gasteiger charge is 2.34. The number of halogens is 1.